The maximum absolute atomic E-state index is 12.5. The average Bonchev–Trinajstić information content (AvgIpc) is 3.33. The molecule has 0 aromatic carbocycles. The van der Waals surface area contributed by atoms with Gasteiger partial charge >= 0.3 is 0 Å². The van der Waals surface area contributed by atoms with Crippen LogP contribution in [0.5, 0.6) is 0 Å². The van der Waals surface area contributed by atoms with Gasteiger partial charge in [0.05, 0.1) is 0 Å². The minimum Gasteiger partial charge on any atom is -0.363 e. The van der Waals surface area contributed by atoms with Gasteiger partial charge in [0.25, 0.3) is 5.91 Å². The van der Waals surface area contributed by atoms with Crippen molar-refractivity contribution in [3.8, 4) is 0 Å². The van der Waals surface area contributed by atoms with Gasteiger partial charge in [-0.3, -0.25) is 9.89 Å². The van der Waals surface area contributed by atoms with Gasteiger partial charge in [-0.2, -0.15) is 5.10 Å². The standard InChI is InChI=1S/C18H25N7O/c1-23(2)16-11-17(20-12-19-16)25(13-3-4-13)14-6-9-24(10-7-14)18(26)15-5-8-21-22-15/h5,8,11-14H,3-4,6-7,9-10H2,1-2H3,(H,21,22). The van der Waals surface area contributed by atoms with E-state index >= 15 is 0 Å². The van der Waals surface area contributed by atoms with Crippen LogP contribution in [0.1, 0.15) is 36.2 Å². The first-order chi connectivity index (χ1) is 12.6. The molecule has 3 heterocycles. The van der Waals surface area contributed by atoms with Gasteiger partial charge in [0, 0.05) is 51.5 Å². The summed E-state index contributed by atoms with van der Waals surface area (Å²) in [6.07, 6.45) is 7.61. The van der Waals surface area contributed by atoms with Crippen LogP contribution >= 0.6 is 0 Å². The molecule has 0 spiro atoms. The van der Waals surface area contributed by atoms with Crippen LogP contribution in [0, 0.1) is 0 Å². The summed E-state index contributed by atoms with van der Waals surface area (Å²) in [4.78, 5) is 27.8. The maximum Gasteiger partial charge on any atom is 0.271 e. The molecule has 4 rings (SSSR count). The fourth-order valence-electron chi connectivity index (χ4n) is 3.64. The van der Waals surface area contributed by atoms with Crippen molar-refractivity contribution in [2.45, 2.75) is 37.8 Å². The molecule has 0 atom stereocenters. The maximum atomic E-state index is 12.5. The molecule has 1 N–H and O–H groups in total. The molecule has 1 amide bonds. The van der Waals surface area contributed by atoms with Gasteiger partial charge in [0.2, 0.25) is 0 Å². The van der Waals surface area contributed by atoms with Crippen molar-refractivity contribution in [2.24, 2.45) is 0 Å². The highest BCUT2D eigenvalue weighted by molar-refractivity contribution is 5.92. The normalized spacial score (nSPS) is 18.0. The van der Waals surface area contributed by atoms with Crippen LogP contribution in [0.25, 0.3) is 0 Å². The summed E-state index contributed by atoms with van der Waals surface area (Å²) in [6.45, 7) is 1.52. The van der Waals surface area contributed by atoms with E-state index in [1.54, 1.807) is 18.6 Å². The molecule has 2 aliphatic rings. The number of likely N-dealkylation sites (tertiary alicyclic amines) is 1. The molecule has 1 aliphatic heterocycles. The summed E-state index contributed by atoms with van der Waals surface area (Å²) < 4.78 is 0. The van der Waals surface area contributed by atoms with Crippen LogP contribution in [0.4, 0.5) is 11.6 Å². The van der Waals surface area contributed by atoms with Crippen molar-refractivity contribution in [2.75, 3.05) is 37.0 Å². The Morgan fingerprint density at radius 1 is 1.12 bits per heavy atom. The summed E-state index contributed by atoms with van der Waals surface area (Å²) in [7, 11) is 3.99. The van der Waals surface area contributed by atoms with Gasteiger partial charge in [-0.1, -0.05) is 0 Å². The van der Waals surface area contributed by atoms with Crippen LogP contribution < -0.4 is 9.80 Å². The molecule has 2 fully saturated rings. The second-order valence-electron chi connectivity index (χ2n) is 7.26. The second kappa shape index (κ2) is 6.93. The van der Waals surface area contributed by atoms with Gasteiger partial charge in [-0.15, -0.1) is 0 Å². The van der Waals surface area contributed by atoms with E-state index in [2.05, 4.69) is 31.1 Å². The van der Waals surface area contributed by atoms with Crippen LogP contribution in [-0.4, -0.2) is 70.2 Å². The van der Waals surface area contributed by atoms with E-state index < -0.39 is 0 Å². The number of aromatic amines is 1. The van der Waals surface area contributed by atoms with Crippen LogP contribution in [0.15, 0.2) is 24.7 Å². The van der Waals surface area contributed by atoms with Gasteiger partial charge in [-0.25, -0.2) is 9.97 Å². The number of hydrogen-bond donors (Lipinski definition) is 1. The van der Waals surface area contributed by atoms with E-state index in [1.807, 2.05) is 23.9 Å². The van der Waals surface area contributed by atoms with E-state index in [0.29, 0.717) is 17.8 Å². The molecule has 1 saturated heterocycles. The number of H-pyrrole nitrogens is 1. The molecular formula is C18H25N7O. The third kappa shape index (κ3) is 3.36. The Bertz CT molecular complexity index is 749. The Hall–Kier alpha value is -2.64. The lowest BCUT2D eigenvalue weighted by atomic mass is 10.0. The quantitative estimate of drug-likeness (QED) is 0.876. The lowest BCUT2D eigenvalue weighted by Crippen LogP contribution is -2.48. The zero-order chi connectivity index (χ0) is 18.1. The predicted molar refractivity (Wildman–Crippen MR) is 99.4 cm³/mol. The Balaban J connectivity index is 1.46. The minimum atomic E-state index is 0.0378. The smallest absolute Gasteiger partial charge is 0.271 e. The number of anilines is 2. The summed E-state index contributed by atoms with van der Waals surface area (Å²) in [6, 6.07) is 4.78. The first kappa shape index (κ1) is 16.8. The SMILES string of the molecule is CN(C)c1cc(N(C2CC2)C2CCN(C(=O)c3ccn[nH]3)CC2)ncn1. The monoisotopic (exact) mass is 355 g/mol. The molecule has 0 radical (unpaired) electrons. The number of rotatable bonds is 5. The topological polar surface area (TPSA) is 81.2 Å². The Morgan fingerprint density at radius 3 is 2.42 bits per heavy atom. The molecule has 0 unspecified atom stereocenters. The van der Waals surface area contributed by atoms with Crippen LogP contribution in [0.3, 0.4) is 0 Å². The predicted octanol–water partition coefficient (Wildman–Crippen LogP) is 1.54. The Kier molecular flexibility index (Phi) is 4.48. The molecule has 1 aliphatic carbocycles. The molecular weight excluding hydrogens is 330 g/mol. The minimum absolute atomic E-state index is 0.0378. The Morgan fingerprint density at radius 2 is 1.81 bits per heavy atom. The van der Waals surface area contributed by atoms with Crippen LogP contribution in [-0.2, 0) is 0 Å². The summed E-state index contributed by atoms with van der Waals surface area (Å²) >= 11 is 0. The number of aromatic nitrogens is 4. The van der Waals surface area contributed by atoms with Gasteiger partial charge in [-0.05, 0) is 31.7 Å². The largest absolute Gasteiger partial charge is 0.363 e. The van der Waals surface area contributed by atoms with E-state index in [1.165, 1.54) is 12.8 Å². The van der Waals surface area contributed by atoms with Gasteiger partial charge in [0.1, 0.15) is 23.7 Å². The van der Waals surface area contributed by atoms with Crippen molar-refractivity contribution in [1.82, 2.24) is 25.1 Å². The van der Waals surface area contributed by atoms with Crippen molar-refractivity contribution in [3.63, 3.8) is 0 Å². The number of carbonyl (C=O) groups is 1. The van der Waals surface area contributed by atoms with E-state index in [-0.39, 0.29) is 5.91 Å². The first-order valence-corrected chi connectivity index (χ1v) is 9.20. The number of nitrogens with one attached hydrogen (secondary N) is 1. The Labute approximate surface area is 153 Å². The molecule has 8 heteroatoms. The van der Waals surface area contributed by atoms with Gasteiger partial charge < -0.3 is 14.7 Å². The number of hydrogen-bond acceptors (Lipinski definition) is 6. The highest BCUT2D eigenvalue weighted by Gasteiger charge is 2.37. The van der Waals surface area contributed by atoms with E-state index in [4.69, 9.17) is 0 Å². The molecule has 0 bridgehead atoms. The highest BCUT2D eigenvalue weighted by Crippen LogP contribution is 2.36. The van der Waals surface area contributed by atoms with Crippen molar-refractivity contribution in [3.05, 3.63) is 30.4 Å². The van der Waals surface area contributed by atoms with Crippen LogP contribution in [0.2, 0.25) is 0 Å². The number of nitrogens with zero attached hydrogens (tertiary/aromatic N) is 6. The summed E-state index contributed by atoms with van der Waals surface area (Å²) in [5, 5.41) is 6.64. The number of carbonyl (C=O) groups excluding carboxylic acids is 1. The fraction of sp³-hybridized carbons (Fsp3) is 0.556. The lowest BCUT2D eigenvalue weighted by Gasteiger charge is -2.39. The van der Waals surface area contributed by atoms with Crippen molar-refractivity contribution in [1.29, 1.82) is 0 Å². The summed E-state index contributed by atoms with van der Waals surface area (Å²) in [5.74, 6) is 1.97. The van der Waals surface area contributed by atoms with Crippen molar-refractivity contribution < 1.29 is 4.79 Å². The molecule has 2 aromatic heterocycles. The summed E-state index contributed by atoms with van der Waals surface area (Å²) in [5.41, 5.74) is 0.564. The van der Waals surface area contributed by atoms with Gasteiger partial charge in [0.15, 0.2) is 0 Å². The highest BCUT2D eigenvalue weighted by atomic mass is 16.2. The lowest BCUT2D eigenvalue weighted by molar-refractivity contribution is 0.0706. The molecule has 26 heavy (non-hydrogen) atoms. The molecule has 8 nitrogen and oxygen atoms in total. The molecule has 138 valence electrons. The first-order valence-electron chi connectivity index (χ1n) is 9.20. The fourth-order valence-corrected chi connectivity index (χ4v) is 3.64. The van der Waals surface area contributed by atoms with E-state index in [0.717, 1.165) is 37.6 Å². The molecule has 1 saturated carbocycles. The van der Waals surface area contributed by atoms with Crippen molar-refractivity contribution >= 4 is 17.5 Å². The third-order valence-electron chi connectivity index (χ3n) is 5.18. The second-order valence-corrected chi connectivity index (χ2v) is 7.26. The zero-order valence-corrected chi connectivity index (χ0v) is 15.3. The zero-order valence-electron chi connectivity index (χ0n) is 15.3. The third-order valence-corrected chi connectivity index (χ3v) is 5.18. The van der Waals surface area contributed by atoms with E-state index in [9.17, 15) is 4.79 Å². The number of amides is 1. The molecule has 2 aromatic rings. The number of piperidine rings is 1. The average molecular weight is 355 g/mol.